The maximum Gasteiger partial charge on any atom is 0.420 e. The third kappa shape index (κ3) is 4.58. The van der Waals surface area contributed by atoms with Crippen molar-refractivity contribution in [3.8, 4) is 0 Å². The molecule has 0 fully saturated rings. The van der Waals surface area contributed by atoms with Gasteiger partial charge in [0, 0.05) is 6.42 Å². The Kier molecular flexibility index (Phi) is 4.92. The normalized spacial score (nSPS) is 17.7. The van der Waals surface area contributed by atoms with Crippen LogP contribution in [0.25, 0.3) is 0 Å². The van der Waals surface area contributed by atoms with Crippen LogP contribution in [-0.2, 0) is 27.2 Å². The number of fused-ring (bicyclic) bond motifs is 1. The number of aromatic nitrogens is 2. The zero-order chi connectivity index (χ0) is 19.0. The van der Waals surface area contributed by atoms with Crippen molar-refractivity contribution < 1.29 is 23.9 Å². The number of amides is 1. The van der Waals surface area contributed by atoms with E-state index in [0.717, 1.165) is 0 Å². The number of aldehydes is 1. The number of ether oxygens (including phenoxy) is 2. The first-order chi connectivity index (χ1) is 11.4. The smallest absolute Gasteiger partial charge is 0.420 e. The molecule has 1 atom stereocenters. The van der Waals surface area contributed by atoms with Gasteiger partial charge < -0.3 is 14.3 Å². The highest BCUT2D eigenvalue weighted by molar-refractivity contribution is 5.76. The van der Waals surface area contributed by atoms with Crippen LogP contribution in [0.3, 0.4) is 0 Å². The van der Waals surface area contributed by atoms with Crippen molar-refractivity contribution >= 4 is 18.5 Å². The minimum atomic E-state index is -0.684. The van der Waals surface area contributed by atoms with E-state index in [2.05, 4.69) is 4.98 Å². The molecule has 0 spiro atoms. The Labute approximate surface area is 147 Å². The van der Waals surface area contributed by atoms with Crippen molar-refractivity contribution in [2.75, 3.05) is 0 Å². The summed E-state index contributed by atoms with van der Waals surface area (Å²) in [5.74, 6) is 0. The minimum absolute atomic E-state index is 0.0485. The second-order valence-electron chi connectivity index (χ2n) is 8.00. The molecule has 0 N–H and O–H groups in total. The standard InChI is InChI=1S/C17H25N3O5/c1-16(2,3)24-14(22)19-8-13-12(7-11(19)9-21)18-10-20(13)15(23)25-17(4,5)6/h9-11H,7-8H2,1-6H3. The van der Waals surface area contributed by atoms with Crippen LogP contribution < -0.4 is 0 Å². The third-order valence-electron chi connectivity index (χ3n) is 3.45. The first-order valence-corrected chi connectivity index (χ1v) is 8.14. The fraction of sp³-hybridized carbons (Fsp3) is 0.647. The molecule has 138 valence electrons. The van der Waals surface area contributed by atoms with Crippen LogP contribution in [0.4, 0.5) is 9.59 Å². The van der Waals surface area contributed by atoms with Gasteiger partial charge in [-0.1, -0.05) is 0 Å². The summed E-state index contributed by atoms with van der Waals surface area (Å²) >= 11 is 0. The van der Waals surface area contributed by atoms with E-state index in [0.29, 0.717) is 17.7 Å². The number of imidazole rings is 1. The van der Waals surface area contributed by atoms with Gasteiger partial charge >= 0.3 is 12.2 Å². The van der Waals surface area contributed by atoms with Crippen LogP contribution in [0.2, 0.25) is 0 Å². The molecule has 0 aromatic carbocycles. The van der Waals surface area contributed by atoms with Gasteiger partial charge in [0.1, 0.15) is 23.8 Å². The second-order valence-corrected chi connectivity index (χ2v) is 8.00. The van der Waals surface area contributed by atoms with Crippen LogP contribution in [0.15, 0.2) is 6.33 Å². The lowest BCUT2D eigenvalue weighted by Gasteiger charge is -2.34. The van der Waals surface area contributed by atoms with Crippen molar-refractivity contribution in [1.82, 2.24) is 14.5 Å². The van der Waals surface area contributed by atoms with Crippen molar-refractivity contribution in [1.29, 1.82) is 0 Å². The van der Waals surface area contributed by atoms with E-state index >= 15 is 0 Å². The number of nitrogens with zero attached hydrogens (tertiary/aromatic N) is 3. The van der Waals surface area contributed by atoms with Crippen LogP contribution in [0.5, 0.6) is 0 Å². The predicted octanol–water partition coefficient (Wildman–Crippen LogP) is 2.53. The second kappa shape index (κ2) is 6.50. The zero-order valence-corrected chi connectivity index (χ0v) is 15.5. The lowest BCUT2D eigenvalue weighted by atomic mass is 10.0. The van der Waals surface area contributed by atoms with Crippen LogP contribution in [-0.4, -0.2) is 50.2 Å². The van der Waals surface area contributed by atoms with Gasteiger partial charge in [0.2, 0.25) is 0 Å². The predicted molar refractivity (Wildman–Crippen MR) is 89.2 cm³/mol. The molecule has 1 aromatic heterocycles. The quantitative estimate of drug-likeness (QED) is 0.722. The maximum atomic E-state index is 12.4. The van der Waals surface area contributed by atoms with Crippen LogP contribution in [0, 0.1) is 0 Å². The summed E-state index contributed by atoms with van der Waals surface area (Å²) in [5.41, 5.74) is -0.212. The molecule has 0 saturated carbocycles. The fourth-order valence-electron chi connectivity index (χ4n) is 2.45. The Hall–Kier alpha value is -2.38. The average molecular weight is 351 g/mol. The molecule has 0 aliphatic carbocycles. The molecule has 2 heterocycles. The van der Waals surface area contributed by atoms with Gasteiger partial charge in [-0.15, -0.1) is 0 Å². The van der Waals surface area contributed by atoms with Gasteiger partial charge in [0.05, 0.1) is 24.0 Å². The Morgan fingerprint density at radius 2 is 1.68 bits per heavy atom. The van der Waals surface area contributed by atoms with E-state index in [1.54, 1.807) is 41.5 Å². The zero-order valence-electron chi connectivity index (χ0n) is 15.5. The van der Waals surface area contributed by atoms with E-state index in [4.69, 9.17) is 9.47 Å². The number of carbonyl (C=O) groups is 3. The Morgan fingerprint density at radius 1 is 1.12 bits per heavy atom. The highest BCUT2D eigenvalue weighted by Crippen LogP contribution is 2.24. The first kappa shape index (κ1) is 19.0. The molecule has 8 nitrogen and oxygen atoms in total. The molecule has 0 saturated heterocycles. The number of hydrogen-bond donors (Lipinski definition) is 0. The van der Waals surface area contributed by atoms with Gasteiger partial charge in [-0.2, -0.15) is 0 Å². The van der Waals surface area contributed by atoms with E-state index in [-0.39, 0.29) is 13.0 Å². The van der Waals surface area contributed by atoms with Gasteiger partial charge in [-0.05, 0) is 41.5 Å². The highest BCUT2D eigenvalue weighted by Gasteiger charge is 2.36. The topological polar surface area (TPSA) is 90.7 Å². The minimum Gasteiger partial charge on any atom is -0.444 e. The molecule has 1 aliphatic rings. The number of carbonyl (C=O) groups excluding carboxylic acids is 3. The number of hydrogen-bond acceptors (Lipinski definition) is 6. The van der Waals surface area contributed by atoms with Crippen LogP contribution in [0.1, 0.15) is 52.9 Å². The Morgan fingerprint density at radius 3 is 2.20 bits per heavy atom. The van der Waals surface area contributed by atoms with Crippen LogP contribution >= 0.6 is 0 Å². The molecule has 8 heteroatoms. The maximum absolute atomic E-state index is 12.4. The largest absolute Gasteiger partial charge is 0.444 e. The van der Waals surface area contributed by atoms with E-state index in [1.807, 2.05) is 0 Å². The SMILES string of the molecule is CC(C)(C)OC(=O)N1Cc2c(ncn2C(=O)OC(C)(C)C)CC1C=O. The van der Waals surface area contributed by atoms with Crippen molar-refractivity contribution in [2.24, 2.45) is 0 Å². The Bertz CT molecular complexity index is 681. The summed E-state index contributed by atoms with van der Waals surface area (Å²) in [4.78, 5) is 41.7. The summed E-state index contributed by atoms with van der Waals surface area (Å²) in [7, 11) is 0. The first-order valence-electron chi connectivity index (χ1n) is 8.14. The van der Waals surface area contributed by atoms with Gasteiger partial charge in [0.25, 0.3) is 0 Å². The monoisotopic (exact) mass is 351 g/mol. The summed E-state index contributed by atoms with van der Waals surface area (Å²) in [6, 6.07) is -0.677. The molecule has 1 unspecified atom stereocenters. The average Bonchev–Trinajstić information content (AvgIpc) is 2.84. The molecular formula is C17H25N3O5. The fourth-order valence-corrected chi connectivity index (χ4v) is 2.45. The number of rotatable bonds is 1. The summed E-state index contributed by atoms with van der Waals surface area (Å²) in [5, 5.41) is 0. The molecule has 1 aliphatic heterocycles. The molecule has 2 rings (SSSR count). The molecule has 1 aromatic rings. The molecule has 0 radical (unpaired) electrons. The van der Waals surface area contributed by atoms with Crippen molar-refractivity contribution in [3.05, 3.63) is 17.7 Å². The molecule has 0 bridgehead atoms. The van der Waals surface area contributed by atoms with Gasteiger partial charge in [-0.3, -0.25) is 4.90 Å². The summed E-state index contributed by atoms with van der Waals surface area (Å²) < 4.78 is 12.0. The molecular weight excluding hydrogens is 326 g/mol. The van der Waals surface area contributed by atoms with E-state index in [9.17, 15) is 14.4 Å². The lowest BCUT2D eigenvalue weighted by molar-refractivity contribution is -0.113. The molecule has 1 amide bonds. The van der Waals surface area contributed by atoms with Gasteiger partial charge in [0.15, 0.2) is 0 Å². The van der Waals surface area contributed by atoms with Crippen molar-refractivity contribution in [2.45, 2.75) is 71.8 Å². The Balaban J connectivity index is 2.28. The summed E-state index contributed by atoms with van der Waals surface area (Å²) in [6.45, 7) is 10.6. The van der Waals surface area contributed by atoms with Gasteiger partial charge in [-0.25, -0.2) is 19.1 Å². The lowest BCUT2D eigenvalue weighted by Crippen LogP contribution is -2.48. The highest BCUT2D eigenvalue weighted by atomic mass is 16.6. The molecule has 25 heavy (non-hydrogen) atoms. The van der Waals surface area contributed by atoms with E-state index in [1.165, 1.54) is 15.8 Å². The van der Waals surface area contributed by atoms with Crippen molar-refractivity contribution in [3.63, 3.8) is 0 Å². The summed E-state index contributed by atoms with van der Waals surface area (Å²) in [6.07, 6.45) is 1.11. The van der Waals surface area contributed by atoms with E-state index < -0.39 is 29.4 Å². The third-order valence-corrected chi connectivity index (χ3v) is 3.45.